The summed E-state index contributed by atoms with van der Waals surface area (Å²) < 4.78 is 15.9. The van der Waals surface area contributed by atoms with E-state index < -0.39 is 0 Å². The molecule has 0 spiro atoms. The fourth-order valence-electron chi connectivity index (χ4n) is 2.83. The maximum absolute atomic E-state index is 14.0. The molecule has 0 aliphatic rings. The Kier molecular flexibility index (Phi) is 5.83. The zero-order valence-electron chi connectivity index (χ0n) is 14.9. The van der Waals surface area contributed by atoms with Gasteiger partial charge in [0.05, 0.1) is 18.0 Å². The van der Waals surface area contributed by atoms with Gasteiger partial charge in [-0.1, -0.05) is 38.1 Å². The van der Waals surface area contributed by atoms with Crippen molar-refractivity contribution in [1.29, 1.82) is 0 Å². The molecule has 3 rings (SSSR count). The Hall–Kier alpha value is -2.47. The molecule has 6 heteroatoms. The van der Waals surface area contributed by atoms with Crippen LogP contribution in [-0.4, -0.2) is 26.9 Å². The molecular weight excluding hydrogens is 349 g/mol. The number of aromatic nitrogens is 2. The molecule has 0 fully saturated rings. The number of hydrogen-bond donors (Lipinski definition) is 0. The molecule has 0 bridgehead atoms. The molecule has 4 nitrogen and oxygen atoms in total. The van der Waals surface area contributed by atoms with E-state index in [1.54, 1.807) is 18.3 Å². The van der Waals surface area contributed by atoms with Crippen molar-refractivity contribution in [2.45, 2.75) is 26.9 Å². The van der Waals surface area contributed by atoms with Crippen molar-refractivity contribution < 1.29 is 9.18 Å². The first kappa shape index (κ1) is 18.3. The number of amides is 1. The van der Waals surface area contributed by atoms with Crippen LogP contribution in [0.5, 0.6) is 0 Å². The molecule has 0 radical (unpaired) electrons. The van der Waals surface area contributed by atoms with Crippen LogP contribution < -0.4 is 0 Å². The highest BCUT2D eigenvalue weighted by Crippen LogP contribution is 2.17. The molecule has 136 valence electrons. The third-order valence-electron chi connectivity index (χ3n) is 4.04. The van der Waals surface area contributed by atoms with E-state index in [2.05, 4.69) is 18.8 Å². The number of halogens is 1. The standard InChI is InChI=1S/C20H22FN3OS/c1-15(2)12-24(20(25)18-8-5-11-26-18)14-19-22-9-10-23(19)13-16-6-3-4-7-17(16)21/h3-11,15H,12-14H2,1-2H3. The fraction of sp³-hybridized carbons (Fsp3) is 0.300. The molecular formula is C20H22FN3OS. The van der Waals surface area contributed by atoms with E-state index in [0.717, 1.165) is 10.7 Å². The highest BCUT2D eigenvalue weighted by atomic mass is 32.1. The molecule has 0 aliphatic carbocycles. The highest BCUT2D eigenvalue weighted by molar-refractivity contribution is 7.12. The first-order chi connectivity index (χ1) is 12.5. The van der Waals surface area contributed by atoms with Crippen LogP contribution in [0, 0.1) is 11.7 Å². The zero-order chi connectivity index (χ0) is 18.5. The Balaban J connectivity index is 1.80. The van der Waals surface area contributed by atoms with Crippen LogP contribution in [0.15, 0.2) is 54.2 Å². The second kappa shape index (κ2) is 8.27. The largest absolute Gasteiger partial charge is 0.330 e. The molecule has 0 saturated heterocycles. The number of rotatable bonds is 7. The smallest absolute Gasteiger partial charge is 0.264 e. The van der Waals surface area contributed by atoms with E-state index in [9.17, 15) is 9.18 Å². The average molecular weight is 371 g/mol. The van der Waals surface area contributed by atoms with Crippen molar-refractivity contribution in [2.75, 3.05) is 6.54 Å². The minimum absolute atomic E-state index is 0.00846. The third-order valence-corrected chi connectivity index (χ3v) is 4.90. The summed E-state index contributed by atoms with van der Waals surface area (Å²) in [7, 11) is 0. The summed E-state index contributed by atoms with van der Waals surface area (Å²) in [4.78, 5) is 19.8. The van der Waals surface area contributed by atoms with Crippen LogP contribution in [0.25, 0.3) is 0 Å². The van der Waals surface area contributed by atoms with E-state index in [-0.39, 0.29) is 11.7 Å². The summed E-state index contributed by atoms with van der Waals surface area (Å²) in [5, 5.41) is 1.90. The van der Waals surface area contributed by atoms with Crippen LogP contribution in [0.4, 0.5) is 4.39 Å². The van der Waals surface area contributed by atoms with Crippen LogP contribution in [0.1, 0.15) is 34.9 Å². The Bertz CT molecular complexity index is 858. The Morgan fingerprint density at radius 3 is 2.77 bits per heavy atom. The minimum atomic E-state index is -0.235. The number of benzene rings is 1. The van der Waals surface area contributed by atoms with Crippen molar-refractivity contribution in [3.05, 3.63) is 76.3 Å². The molecule has 26 heavy (non-hydrogen) atoms. The van der Waals surface area contributed by atoms with Crippen molar-refractivity contribution >= 4 is 17.2 Å². The Morgan fingerprint density at radius 1 is 1.27 bits per heavy atom. The van der Waals surface area contributed by atoms with Gasteiger partial charge in [0.2, 0.25) is 0 Å². The van der Waals surface area contributed by atoms with Gasteiger partial charge in [0.15, 0.2) is 0 Å². The van der Waals surface area contributed by atoms with Crippen molar-refractivity contribution in [3.8, 4) is 0 Å². The topological polar surface area (TPSA) is 38.1 Å². The van der Waals surface area contributed by atoms with Gasteiger partial charge in [-0.15, -0.1) is 11.3 Å². The zero-order valence-corrected chi connectivity index (χ0v) is 15.7. The van der Waals surface area contributed by atoms with Crippen molar-refractivity contribution in [1.82, 2.24) is 14.5 Å². The van der Waals surface area contributed by atoms with Crippen LogP contribution in [0.2, 0.25) is 0 Å². The van der Waals surface area contributed by atoms with Gasteiger partial charge >= 0.3 is 0 Å². The molecule has 0 aliphatic heterocycles. The van der Waals surface area contributed by atoms with Gasteiger partial charge < -0.3 is 9.47 Å². The second-order valence-corrected chi connectivity index (χ2v) is 7.57. The lowest BCUT2D eigenvalue weighted by Gasteiger charge is -2.24. The summed E-state index contributed by atoms with van der Waals surface area (Å²) in [6.45, 7) is 5.60. The minimum Gasteiger partial charge on any atom is -0.330 e. The van der Waals surface area contributed by atoms with Gasteiger partial charge in [0.1, 0.15) is 11.6 Å². The molecule has 0 unspecified atom stereocenters. The summed E-state index contributed by atoms with van der Waals surface area (Å²) in [6, 6.07) is 10.4. The highest BCUT2D eigenvalue weighted by Gasteiger charge is 2.20. The quantitative estimate of drug-likeness (QED) is 0.616. The lowest BCUT2D eigenvalue weighted by molar-refractivity contribution is 0.0721. The molecule has 2 aromatic heterocycles. The van der Waals surface area contributed by atoms with Crippen molar-refractivity contribution in [3.63, 3.8) is 0 Å². The molecule has 0 atom stereocenters. The monoisotopic (exact) mass is 371 g/mol. The number of imidazole rings is 1. The molecule has 3 aromatic rings. The Morgan fingerprint density at radius 2 is 2.08 bits per heavy atom. The summed E-state index contributed by atoms with van der Waals surface area (Å²) in [5.74, 6) is 0.864. The summed E-state index contributed by atoms with van der Waals surface area (Å²) >= 11 is 1.44. The maximum atomic E-state index is 14.0. The van der Waals surface area contributed by atoms with E-state index in [1.165, 1.54) is 17.4 Å². The number of nitrogens with zero attached hydrogens (tertiary/aromatic N) is 3. The van der Waals surface area contributed by atoms with Gasteiger partial charge in [0, 0.05) is 24.5 Å². The molecule has 1 aromatic carbocycles. The van der Waals surface area contributed by atoms with E-state index >= 15 is 0 Å². The maximum Gasteiger partial charge on any atom is 0.264 e. The SMILES string of the molecule is CC(C)CN(Cc1nccn1Cc1ccccc1F)C(=O)c1cccs1. The second-order valence-electron chi connectivity index (χ2n) is 6.62. The first-order valence-corrected chi connectivity index (χ1v) is 9.48. The van der Waals surface area contributed by atoms with Gasteiger partial charge in [-0.25, -0.2) is 9.37 Å². The van der Waals surface area contributed by atoms with E-state index in [4.69, 9.17) is 0 Å². The molecule has 0 N–H and O–H groups in total. The summed E-state index contributed by atoms with van der Waals surface area (Å²) in [5.41, 5.74) is 0.603. The third kappa shape index (κ3) is 4.38. The molecule has 0 saturated carbocycles. The number of carbonyl (C=O) groups is 1. The van der Waals surface area contributed by atoms with Crippen LogP contribution in [-0.2, 0) is 13.1 Å². The summed E-state index contributed by atoms with van der Waals surface area (Å²) in [6.07, 6.45) is 3.52. The predicted molar refractivity (Wildman–Crippen MR) is 102 cm³/mol. The Labute approximate surface area is 156 Å². The van der Waals surface area contributed by atoms with E-state index in [0.29, 0.717) is 31.1 Å². The van der Waals surface area contributed by atoms with E-state index in [1.807, 2.05) is 39.2 Å². The van der Waals surface area contributed by atoms with Crippen LogP contribution >= 0.6 is 11.3 Å². The molecule has 1 amide bonds. The van der Waals surface area contributed by atoms with Gasteiger partial charge in [-0.05, 0) is 23.4 Å². The lowest BCUT2D eigenvalue weighted by atomic mass is 10.2. The first-order valence-electron chi connectivity index (χ1n) is 8.60. The fourth-order valence-corrected chi connectivity index (χ4v) is 3.52. The number of hydrogen-bond acceptors (Lipinski definition) is 3. The van der Waals surface area contributed by atoms with Crippen LogP contribution in [0.3, 0.4) is 0 Å². The number of carbonyl (C=O) groups excluding carboxylic acids is 1. The average Bonchev–Trinajstić information content (AvgIpc) is 3.28. The normalized spacial score (nSPS) is 11.1. The molecule has 2 heterocycles. The van der Waals surface area contributed by atoms with Crippen molar-refractivity contribution in [2.24, 2.45) is 5.92 Å². The van der Waals surface area contributed by atoms with Gasteiger partial charge in [-0.2, -0.15) is 0 Å². The van der Waals surface area contributed by atoms with Gasteiger partial charge in [0.25, 0.3) is 5.91 Å². The predicted octanol–water partition coefficient (Wildman–Crippen LogP) is 4.43. The lowest BCUT2D eigenvalue weighted by Crippen LogP contribution is -2.34. The number of thiophene rings is 1. The van der Waals surface area contributed by atoms with Gasteiger partial charge in [-0.3, -0.25) is 4.79 Å².